The van der Waals surface area contributed by atoms with Crippen molar-refractivity contribution in [3.63, 3.8) is 0 Å². The smallest absolute Gasteiger partial charge is 0.333 e. The van der Waals surface area contributed by atoms with Crippen LogP contribution in [0.25, 0.3) is 16.9 Å². The maximum atomic E-state index is 13.6. The molecular formula is C22H26FN2O4P. The second kappa shape index (κ2) is 9.23. The van der Waals surface area contributed by atoms with E-state index >= 15 is 0 Å². The number of para-hydroxylation sites is 1. The summed E-state index contributed by atoms with van der Waals surface area (Å²) in [6.45, 7) is 3.93. The molecule has 0 saturated carbocycles. The highest BCUT2D eigenvalue weighted by Gasteiger charge is 2.33. The predicted molar refractivity (Wildman–Crippen MR) is 114 cm³/mol. The summed E-state index contributed by atoms with van der Waals surface area (Å²) in [6.07, 6.45) is -1.39. The minimum absolute atomic E-state index is 0.0247. The van der Waals surface area contributed by atoms with Crippen LogP contribution in [0, 0.1) is 5.82 Å². The van der Waals surface area contributed by atoms with Crippen LogP contribution in [0.5, 0.6) is 0 Å². The van der Waals surface area contributed by atoms with Crippen molar-refractivity contribution in [2.24, 2.45) is 0 Å². The molecular weight excluding hydrogens is 406 g/mol. The number of nitrogens with zero attached hydrogens (tertiary/aromatic N) is 2. The van der Waals surface area contributed by atoms with Gasteiger partial charge >= 0.3 is 7.60 Å². The highest BCUT2D eigenvalue weighted by molar-refractivity contribution is 7.53. The molecule has 0 spiro atoms. The maximum absolute atomic E-state index is 13.6. The Morgan fingerprint density at radius 2 is 1.67 bits per heavy atom. The Kier molecular flexibility index (Phi) is 6.88. The van der Waals surface area contributed by atoms with Crippen LogP contribution in [0.15, 0.2) is 54.6 Å². The van der Waals surface area contributed by atoms with Gasteiger partial charge in [0.15, 0.2) is 0 Å². The summed E-state index contributed by atoms with van der Waals surface area (Å²) >= 11 is 0. The lowest BCUT2D eigenvalue weighted by Gasteiger charge is -2.20. The molecule has 3 aromatic rings. The normalized spacial score (nSPS) is 13.0. The average molecular weight is 432 g/mol. The second-order valence-electron chi connectivity index (χ2n) is 7.23. The van der Waals surface area contributed by atoms with Gasteiger partial charge < -0.3 is 14.2 Å². The molecule has 0 radical (unpaired) electrons. The molecule has 0 aliphatic heterocycles. The Bertz CT molecular complexity index is 1030. The molecule has 8 heteroatoms. The zero-order valence-electron chi connectivity index (χ0n) is 17.4. The van der Waals surface area contributed by atoms with E-state index in [1.807, 2.05) is 44.2 Å². The highest BCUT2D eigenvalue weighted by Crippen LogP contribution is 2.51. The fourth-order valence-corrected chi connectivity index (χ4v) is 4.42. The average Bonchev–Trinajstić information content (AvgIpc) is 3.16. The van der Waals surface area contributed by atoms with Crippen molar-refractivity contribution in [2.45, 2.75) is 25.9 Å². The van der Waals surface area contributed by atoms with Gasteiger partial charge in [0.1, 0.15) is 5.82 Å². The van der Waals surface area contributed by atoms with Gasteiger partial charge in [-0.1, -0.05) is 32.0 Å². The van der Waals surface area contributed by atoms with E-state index in [1.54, 1.807) is 16.8 Å². The van der Waals surface area contributed by atoms with Gasteiger partial charge in [0.05, 0.1) is 29.3 Å². The largest absolute Gasteiger partial charge is 0.388 e. The Morgan fingerprint density at radius 3 is 2.20 bits per heavy atom. The van der Waals surface area contributed by atoms with Crippen LogP contribution in [0.1, 0.15) is 37.1 Å². The number of rotatable bonds is 8. The summed E-state index contributed by atoms with van der Waals surface area (Å²) in [7, 11) is -0.909. The van der Waals surface area contributed by atoms with Crippen LogP contribution in [-0.4, -0.2) is 35.3 Å². The van der Waals surface area contributed by atoms with Crippen molar-refractivity contribution in [1.82, 2.24) is 9.78 Å². The lowest BCUT2D eigenvalue weighted by molar-refractivity contribution is 0.183. The molecule has 0 bridgehead atoms. The van der Waals surface area contributed by atoms with Gasteiger partial charge in [0.2, 0.25) is 0 Å². The van der Waals surface area contributed by atoms with Gasteiger partial charge in [0.25, 0.3) is 0 Å². The number of halogens is 1. The molecule has 0 aliphatic carbocycles. The molecule has 160 valence electrons. The molecule has 0 fully saturated rings. The number of aliphatic hydroxyl groups is 1. The number of hydrogen-bond donors (Lipinski definition) is 1. The second-order valence-corrected chi connectivity index (χ2v) is 9.55. The molecule has 1 atom stereocenters. The first kappa shape index (κ1) is 22.4. The summed E-state index contributed by atoms with van der Waals surface area (Å²) in [5, 5.41) is 15.9. The molecule has 30 heavy (non-hydrogen) atoms. The molecule has 1 heterocycles. The minimum atomic E-state index is -3.48. The summed E-state index contributed by atoms with van der Waals surface area (Å²) in [4.78, 5) is 0. The van der Waals surface area contributed by atoms with Crippen LogP contribution in [0.2, 0.25) is 0 Å². The number of hydrogen-bond acceptors (Lipinski definition) is 5. The third kappa shape index (κ3) is 4.55. The quantitative estimate of drug-likeness (QED) is 0.488. The zero-order valence-corrected chi connectivity index (χ0v) is 18.3. The van der Waals surface area contributed by atoms with E-state index < -0.39 is 13.7 Å². The molecule has 1 N–H and O–H groups in total. The van der Waals surface area contributed by atoms with Gasteiger partial charge in [-0.15, -0.1) is 0 Å². The molecule has 3 rings (SSSR count). The van der Waals surface area contributed by atoms with Crippen molar-refractivity contribution < 1.29 is 23.1 Å². The fourth-order valence-electron chi connectivity index (χ4n) is 3.37. The zero-order chi connectivity index (χ0) is 21.9. The first-order valence-electron chi connectivity index (χ1n) is 9.62. The topological polar surface area (TPSA) is 73.6 Å². The van der Waals surface area contributed by atoms with E-state index in [0.717, 1.165) is 5.69 Å². The van der Waals surface area contributed by atoms with E-state index in [4.69, 9.17) is 14.1 Å². The van der Waals surface area contributed by atoms with Crippen LogP contribution in [0.4, 0.5) is 4.39 Å². The Balaban J connectivity index is 2.27. The van der Waals surface area contributed by atoms with E-state index in [9.17, 15) is 14.1 Å². The van der Waals surface area contributed by atoms with E-state index in [-0.39, 0.29) is 17.9 Å². The van der Waals surface area contributed by atoms with E-state index in [2.05, 4.69) is 0 Å². The fraction of sp³-hybridized carbons (Fsp3) is 0.318. The molecule has 0 saturated heterocycles. The summed E-state index contributed by atoms with van der Waals surface area (Å²) in [5.74, 6) is -0.387. The standard InChI is InChI=1S/C22H26FN2O4P/c1-15(2)21-20(19(26)14-30(27,28-3)29-4)22(16-10-12-17(23)13-11-16)25(24-21)18-8-6-5-7-9-18/h5-13,15,19,26H,14H2,1-4H3. The van der Waals surface area contributed by atoms with Crippen LogP contribution >= 0.6 is 7.60 Å². The van der Waals surface area contributed by atoms with Gasteiger partial charge in [-0.25, -0.2) is 9.07 Å². The van der Waals surface area contributed by atoms with Crippen LogP contribution in [-0.2, 0) is 13.6 Å². The van der Waals surface area contributed by atoms with Gasteiger partial charge in [-0.3, -0.25) is 4.57 Å². The third-order valence-corrected chi connectivity index (χ3v) is 6.81. The lowest BCUT2D eigenvalue weighted by Crippen LogP contribution is -2.10. The maximum Gasteiger partial charge on any atom is 0.333 e. The van der Waals surface area contributed by atoms with Crippen LogP contribution in [0.3, 0.4) is 0 Å². The van der Waals surface area contributed by atoms with E-state index in [0.29, 0.717) is 22.5 Å². The SMILES string of the molecule is COP(=O)(CC(O)c1c(C(C)C)nn(-c2ccccc2)c1-c1ccc(F)cc1)OC. The van der Waals surface area contributed by atoms with Gasteiger partial charge in [-0.05, 0) is 42.3 Å². The number of benzene rings is 2. The summed E-state index contributed by atoms with van der Waals surface area (Å²) < 4.78 is 38.1. The molecule has 6 nitrogen and oxygen atoms in total. The van der Waals surface area contributed by atoms with Gasteiger partial charge in [-0.2, -0.15) is 5.10 Å². The Morgan fingerprint density at radius 1 is 1.07 bits per heavy atom. The van der Waals surface area contributed by atoms with Gasteiger partial charge in [0, 0.05) is 25.3 Å². The lowest BCUT2D eigenvalue weighted by atomic mass is 9.96. The van der Waals surface area contributed by atoms with Crippen LogP contribution < -0.4 is 0 Å². The predicted octanol–water partition coefficient (Wildman–Crippen LogP) is 5.32. The van der Waals surface area contributed by atoms with Crippen molar-refractivity contribution in [2.75, 3.05) is 20.4 Å². The summed E-state index contributed by atoms with van der Waals surface area (Å²) in [6, 6.07) is 15.5. The third-order valence-electron chi connectivity index (χ3n) is 4.90. The minimum Gasteiger partial charge on any atom is -0.388 e. The van der Waals surface area contributed by atoms with Crippen molar-refractivity contribution in [3.8, 4) is 16.9 Å². The number of aliphatic hydroxyl groups excluding tert-OH is 1. The molecule has 1 aromatic heterocycles. The molecule has 1 unspecified atom stereocenters. The first-order chi connectivity index (χ1) is 14.3. The number of aromatic nitrogens is 2. The molecule has 0 amide bonds. The monoisotopic (exact) mass is 432 g/mol. The van der Waals surface area contributed by atoms with Crippen molar-refractivity contribution >= 4 is 7.60 Å². The Hall–Kier alpha value is -2.31. The molecule has 0 aliphatic rings. The van der Waals surface area contributed by atoms with Crippen molar-refractivity contribution in [3.05, 3.63) is 71.7 Å². The van der Waals surface area contributed by atoms with E-state index in [1.165, 1.54) is 26.4 Å². The highest BCUT2D eigenvalue weighted by atomic mass is 31.2. The summed E-state index contributed by atoms with van der Waals surface area (Å²) in [5.41, 5.74) is 3.26. The first-order valence-corrected chi connectivity index (χ1v) is 11.3. The molecule has 2 aromatic carbocycles. The van der Waals surface area contributed by atoms with Crippen molar-refractivity contribution in [1.29, 1.82) is 0 Å². The Labute approximate surface area is 175 Å².